The topological polar surface area (TPSA) is 82.6 Å². The highest BCUT2D eigenvalue weighted by atomic mass is 35.5. The van der Waals surface area contributed by atoms with Crippen LogP contribution in [0.4, 0.5) is 10.1 Å². The number of nitrogens with one attached hydrogen (secondary N) is 1. The summed E-state index contributed by atoms with van der Waals surface area (Å²) in [6.45, 7) is 2.51. The fourth-order valence-corrected chi connectivity index (χ4v) is 4.89. The number of halogens is 2. The van der Waals surface area contributed by atoms with Crippen molar-refractivity contribution in [3.8, 4) is 0 Å². The lowest BCUT2D eigenvalue weighted by Crippen LogP contribution is -2.48. The maximum atomic E-state index is 14.0. The first kappa shape index (κ1) is 23.2. The molecule has 0 radical (unpaired) electrons. The van der Waals surface area contributed by atoms with E-state index < -0.39 is 10.0 Å². The van der Waals surface area contributed by atoms with Crippen molar-refractivity contribution in [2.45, 2.75) is 11.4 Å². The van der Waals surface area contributed by atoms with Gasteiger partial charge in [0.05, 0.1) is 10.6 Å². The molecule has 0 aliphatic carbocycles. The van der Waals surface area contributed by atoms with Crippen molar-refractivity contribution in [3.63, 3.8) is 0 Å². The van der Waals surface area contributed by atoms with Gasteiger partial charge in [0.15, 0.2) is 0 Å². The fraction of sp³-hybridized carbons (Fsp3) is 0.217. The predicted octanol–water partition coefficient (Wildman–Crippen LogP) is 3.63. The number of carbonyl (C=O) groups is 1. The summed E-state index contributed by atoms with van der Waals surface area (Å²) in [7, 11) is -3.78. The molecule has 2 heterocycles. The van der Waals surface area contributed by atoms with Crippen molar-refractivity contribution < 1.29 is 17.6 Å². The maximum Gasteiger partial charge on any atom is 0.261 e. The van der Waals surface area contributed by atoms with E-state index in [9.17, 15) is 17.6 Å². The Bertz CT molecular complexity index is 1210. The van der Waals surface area contributed by atoms with Gasteiger partial charge >= 0.3 is 0 Å². The van der Waals surface area contributed by atoms with Gasteiger partial charge in [-0.05, 0) is 48.5 Å². The van der Waals surface area contributed by atoms with Crippen LogP contribution in [0.15, 0.2) is 71.9 Å². The van der Waals surface area contributed by atoms with Gasteiger partial charge < -0.3 is 4.90 Å². The molecule has 0 bridgehead atoms. The number of anilines is 1. The molecule has 1 aliphatic rings. The first-order valence-corrected chi connectivity index (χ1v) is 12.2. The zero-order valence-corrected chi connectivity index (χ0v) is 19.2. The Kier molecular flexibility index (Phi) is 6.92. The monoisotopic (exact) mass is 488 g/mol. The zero-order valence-electron chi connectivity index (χ0n) is 17.6. The first-order chi connectivity index (χ1) is 15.8. The number of hydrogen-bond acceptors (Lipinski definition) is 5. The number of hydrogen-bond donors (Lipinski definition) is 1. The normalized spacial score (nSPS) is 14.8. The van der Waals surface area contributed by atoms with E-state index in [1.165, 1.54) is 42.7 Å². The van der Waals surface area contributed by atoms with E-state index in [1.54, 1.807) is 29.2 Å². The number of nitrogens with zero attached hydrogens (tertiary/aromatic N) is 3. The van der Waals surface area contributed by atoms with Gasteiger partial charge in [-0.3, -0.25) is 19.4 Å². The van der Waals surface area contributed by atoms with Crippen LogP contribution in [-0.4, -0.2) is 55.3 Å². The fourth-order valence-electron chi connectivity index (χ4n) is 3.61. The summed E-state index contributed by atoms with van der Waals surface area (Å²) in [6, 6.07) is 13.6. The minimum absolute atomic E-state index is 0.0578. The Hall–Kier alpha value is -3.01. The number of aromatic nitrogens is 1. The van der Waals surface area contributed by atoms with Crippen LogP contribution in [0.2, 0.25) is 5.02 Å². The Morgan fingerprint density at radius 1 is 1.00 bits per heavy atom. The molecule has 0 unspecified atom stereocenters. The molecule has 2 aromatic carbocycles. The van der Waals surface area contributed by atoms with E-state index in [2.05, 4.69) is 14.6 Å². The van der Waals surface area contributed by atoms with E-state index in [0.717, 1.165) is 0 Å². The summed E-state index contributed by atoms with van der Waals surface area (Å²) in [5.74, 6) is -0.515. The van der Waals surface area contributed by atoms with Crippen LogP contribution in [0.25, 0.3) is 0 Å². The largest absolute Gasteiger partial charge is 0.336 e. The van der Waals surface area contributed by atoms with Gasteiger partial charge in [-0.15, -0.1) is 0 Å². The number of rotatable bonds is 6. The molecule has 4 rings (SSSR count). The van der Waals surface area contributed by atoms with Gasteiger partial charge in [0.25, 0.3) is 15.9 Å². The second-order valence-electron chi connectivity index (χ2n) is 7.63. The summed E-state index contributed by atoms with van der Waals surface area (Å²) >= 11 is 6.12. The quantitative estimate of drug-likeness (QED) is 0.573. The number of amides is 1. The average Bonchev–Trinajstić information content (AvgIpc) is 2.82. The Labute approximate surface area is 196 Å². The average molecular weight is 489 g/mol. The van der Waals surface area contributed by atoms with Crippen LogP contribution in [-0.2, 0) is 16.6 Å². The Morgan fingerprint density at radius 2 is 1.67 bits per heavy atom. The molecule has 172 valence electrons. The lowest BCUT2D eigenvalue weighted by Gasteiger charge is -2.35. The standard InChI is InChI=1S/C23H22ClFN4O3S/c24-21-2-1-3-22(25)20(21)16-28-12-14-29(15-13-28)23(30)17-4-6-19(7-5-17)33(31,32)27-18-8-10-26-11-9-18/h1-11H,12-16H2,(H,26,27). The molecule has 1 aliphatic heterocycles. The minimum atomic E-state index is -3.78. The van der Waals surface area contributed by atoms with Crippen molar-refractivity contribution in [2.24, 2.45) is 0 Å². The highest BCUT2D eigenvalue weighted by Crippen LogP contribution is 2.22. The number of piperazine rings is 1. The molecule has 0 spiro atoms. The van der Waals surface area contributed by atoms with Crippen molar-refractivity contribution in [3.05, 3.63) is 89.0 Å². The SMILES string of the molecule is O=C(c1ccc(S(=O)(=O)Nc2ccncc2)cc1)N1CCN(Cc2c(F)cccc2Cl)CC1. The Morgan fingerprint density at radius 3 is 2.30 bits per heavy atom. The van der Waals surface area contributed by atoms with Crippen molar-refractivity contribution in [1.29, 1.82) is 0 Å². The molecule has 1 amide bonds. The summed E-state index contributed by atoms with van der Waals surface area (Å²) < 4.78 is 41.6. The van der Waals surface area contributed by atoms with E-state index in [-0.39, 0.29) is 16.6 Å². The van der Waals surface area contributed by atoms with Gasteiger partial charge in [0.2, 0.25) is 0 Å². The molecule has 1 fully saturated rings. The van der Waals surface area contributed by atoms with Crippen molar-refractivity contribution in [1.82, 2.24) is 14.8 Å². The van der Waals surface area contributed by atoms with Gasteiger partial charge in [0.1, 0.15) is 5.82 Å². The molecule has 1 N–H and O–H groups in total. The van der Waals surface area contributed by atoms with Crippen LogP contribution in [0.5, 0.6) is 0 Å². The van der Waals surface area contributed by atoms with E-state index in [0.29, 0.717) is 54.6 Å². The smallest absolute Gasteiger partial charge is 0.261 e. The van der Waals surface area contributed by atoms with Crippen molar-refractivity contribution >= 4 is 33.2 Å². The number of pyridine rings is 1. The summed E-state index contributed by atoms with van der Waals surface area (Å²) in [6.07, 6.45) is 2.98. The molecule has 3 aromatic rings. The number of sulfonamides is 1. The minimum Gasteiger partial charge on any atom is -0.336 e. The molecule has 10 heteroatoms. The van der Waals surface area contributed by atoms with Crippen LogP contribution in [0, 0.1) is 5.82 Å². The maximum absolute atomic E-state index is 14.0. The highest BCUT2D eigenvalue weighted by molar-refractivity contribution is 7.92. The third kappa shape index (κ3) is 5.50. The van der Waals surface area contributed by atoms with Gasteiger partial charge in [-0.25, -0.2) is 12.8 Å². The van der Waals surface area contributed by atoms with Gasteiger partial charge in [-0.1, -0.05) is 17.7 Å². The van der Waals surface area contributed by atoms with Gasteiger partial charge in [-0.2, -0.15) is 0 Å². The number of benzene rings is 2. The molecular weight excluding hydrogens is 467 g/mol. The second-order valence-corrected chi connectivity index (χ2v) is 9.72. The first-order valence-electron chi connectivity index (χ1n) is 10.3. The van der Waals surface area contributed by atoms with E-state index >= 15 is 0 Å². The predicted molar refractivity (Wildman–Crippen MR) is 124 cm³/mol. The van der Waals surface area contributed by atoms with Crippen LogP contribution >= 0.6 is 11.6 Å². The summed E-state index contributed by atoms with van der Waals surface area (Å²) in [5, 5.41) is 0.391. The molecular formula is C23H22ClFN4O3S. The molecule has 1 saturated heterocycles. The lowest BCUT2D eigenvalue weighted by atomic mass is 10.1. The molecule has 0 saturated carbocycles. The van der Waals surface area contributed by atoms with E-state index in [1.807, 2.05) is 0 Å². The van der Waals surface area contributed by atoms with Crippen molar-refractivity contribution in [2.75, 3.05) is 30.9 Å². The van der Waals surface area contributed by atoms with Gasteiger partial charge in [0, 0.05) is 61.3 Å². The number of carbonyl (C=O) groups excluding carboxylic acids is 1. The van der Waals surface area contributed by atoms with Crippen LogP contribution in [0.3, 0.4) is 0 Å². The summed E-state index contributed by atoms with van der Waals surface area (Å²) in [4.78, 5) is 20.5. The third-order valence-corrected chi connectivity index (χ3v) is 7.20. The Balaban J connectivity index is 1.36. The summed E-state index contributed by atoms with van der Waals surface area (Å²) in [5.41, 5.74) is 1.26. The van der Waals surface area contributed by atoms with Crippen LogP contribution < -0.4 is 4.72 Å². The molecule has 0 atom stereocenters. The second kappa shape index (κ2) is 9.86. The lowest BCUT2D eigenvalue weighted by molar-refractivity contribution is 0.0627. The highest BCUT2D eigenvalue weighted by Gasteiger charge is 2.24. The zero-order chi connectivity index (χ0) is 23.4. The molecule has 7 nitrogen and oxygen atoms in total. The van der Waals surface area contributed by atoms with Crippen LogP contribution in [0.1, 0.15) is 15.9 Å². The molecule has 33 heavy (non-hydrogen) atoms. The van der Waals surface area contributed by atoms with E-state index in [4.69, 9.17) is 11.6 Å². The molecule has 1 aromatic heterocycles. The third-order valence-electron chi connectivity index (χ3n) is 5.45.